The number of rotatable bonds is 6. The van der Waals surface area contributed by atoms with Gasteiger partial charge in [0.1, 0.15) is 0 Å². The summed E-state index contributed by atoms with van der Waals surface area (Å²) in [5.74, 6) is -0.303. The first-order chi connectivity index (χ1) is 11.4. The van der Waals surface area contributed by atoms with Crippen LogP contribution in [0.15, 0.2) is 29.2 Å². The number of nitrogens with zero attached hydrogens (tertiary/aromatic N) is 1. The van der Waals surface area contributed by atoms with Crippen molar-refractivity contribution in [1.82, 2.24) is 9.62 Å². The Balaban J connectivity index is 2.21. The lowest BCUT2D eigenvalue weighted by molar-refractivity contribution is 0.0905. The number of methoxy groups -OCH3 is 1. The largest absolute Gasteiger partial charge is 0.383 e. The van der Waals surface area contributed by atoms with E-state index in [2.05, 4.69) is 5.32 Å². The molecule has 0 saturated carbocycles. The van der Waals surface area contributed by atoms with Crippen LogP contribution < -0.4 is 5.32 Å². The van der Waals surface area contributed by atoms with Gasteiger partial charge in [-0.05, 0) is 44.9 Å². The molecular weight excluding hydrogens is 328 g/mol. The summed E-state index contributed by atoms with van der Waals surface area (Å²) in [6.45, 7) is 4.69. The van der Waals surface area contributed by atoms with E-state index in [1.165, 1.54) is 6.07 Å². The lowest BCUT2D eigenvalue weighted by Crippen LogP contribution is -2.42. The summed E-state index contributed by atoms with van der Waals surface area (Å²) in [6.07, 6.45) is 2.79. The second-order valence-corrected chi connectivity index (χ2v) is 8.21. The third-order valence-corrected chi connectivity index (χ3v) is 6.25. The lowest BCUT2D eigenvalue weighted by atomic mass is 10.1. The first-order valence-corrected chi connectivity index (χ1v) is 9.72. The minimum atomic E-state index is -3.58. The highest BCUT2D eigenvalue weighted by molar-refractivity contribution is 7.89. The van der Waals surface area contributed by atoms with Gasteiger partial charge in [0.2, 0.25) is 10.0 Å². The molecule has 0 bridgehead atoms. The highest BCUT2D eigenvalue weighted by Crippen LogP contribution is 2.25. The number of carbonyl (C=O) groups is 1. The molecular formula is C17H26N2O4S. The van der Waals surface area contributed by atoms with Crippen molar-refractivity contribution in [2.75, 3.05) is 20.3 Å². The van der Waals surface area contributed by atoms with Crippen LogP contribution in [0.25, 0.3) is 0 Å². The predicted octanol–water partition coefficient (Wildman–Crippen LogP) is 2.01. The Labute approximate surface area is 144 Å². The average Bonchev–Trinajstić information content (AvgIpc) is 2.55. The van der Waals surface area contributed by atoms with E-state index in [4.69, 9.17) is 4.74 Å². The summed E-state index contributed by atoms with van der Waals surface area (Å²) in [6, 6.07) is 6.07. The van der Waals surface area contributed by atoms with Crippen molar-refractivity contribution < 1.29 is 17.9 Å². The van der Waals surface area contributed by atoms with Crippen molar-refractivity contribution in [1.29, 1.82) is 0 Å². The third kappa shape index (κ3) is 4.34. The van der Waals surface area contributed by atoms with Gasteiger partial charge in [-0.2, -0.15) is 4.31 Å². The molecule has 1 fully saturated rings. The number of carbonyl (C=O) groups excluding carboxylic acids is 1. The summed E-state index contributed by atoms with van der Waals surface area (Å²) in [5.41, 5.74) is 0.337. The molecule has 1 amide bonds. The quantitative estimate of drug-likeness (QED) is 0.848. The minimum Gasteiger partial charge on any atom is -0.383 e. The Bertz CT molecular complexity index is 675. The zero-order valence-electron chi connectivity index (χ0n) is 14.5. The Hall–Kier alpha value is -1.44. The van der Waals surface area contributed by atoms with Gasteiger partial charge in [-0.3, -0.25) is 4.79 Å². The Morgan fingerprint density at radius 3 is 2.83 bits per heavy atom. The van der Waals surface area contributed by atoms with Crippen LogP contribution in [0.4, 0.5) is 0 Å². The van der Waals surface area contributed by atoms with Crippen molar-refractivity contribution in [3.8, 4) is 0 Å². The molecule has 2 atom stereocenters. The van der Waals surface area contributed by atoms with Crippen LogP contribution in [0, 0.1) is 0 Å². The van der Waals surface area contributed by atoms with Crippen LogP contribution in [0.5, 0.6) is 0 Å². The van der Waals surface area contributed by atoms with Gasteiger partial charge in [-0.15, -0.1) is 0 Å². The number of hydrogen-bond acceptors (Lipinski definition) is 4. The molecule has 1 N–H and O–H groups in total. The first kappa shape index (κ1) is 18.9. The lowest BCUT2D eigenvalue weighted by Gasteiger charge is -2.32. The Kier molecular flexibility index (Phi) is 6.37. The molecule has 134 valence electrons. The third-order valence-electron chi connectivity index (χ3n) is 4.24. The monoisotopic (exact) mass is 354 g/mol. The Morgan fingerprint density at radius 2 is 2.17 bits per heavy atom. The van der Waals surface area contributed by atoms with E-state index in [9.17, 15) is 13.2 Å². The van der Waals surface area contributed by atoms with E-state index in [1.807, 2.05) is 13.8 Å². The van der Waals surface area contributed by atoms with Gasteiger partial charge in [0, 0.05) is 31.3 Å². The maximum absolute atomic E-state index is 12.9. The molecule has 2 rings (SSSR count). The molecule has 1 aliphatic heterocycles. The molecule has 0 aliphatic carbocycles. The zero-order valence-corrected chi connectivity index (χ0v) is 15.3. The SMILES string of the molecule is COCC(C)NC(=O)c1cccc(S(=O)(=O)N2CCCCC2C)c1. The fourth-order valence-corrected chi connectivity index (χ4v) is 4.71. The zero-order chi connectivity index (χ0) is 17.7. The second-order valence-electron chi connectivity index (χ2n) is 6.32. The van der Waals surface area contributed by atoms with Crippen molar-refractivity contribution in [2.24, 2.45) is 0 Å². The number of sulfonamides is 1. The van der Waals surface area contributed by atoms with Crippen LogP contribution in [0.2, 0.25) is 0 Å². The summed E-state index contributed by atoms with van der Waals surface area (Å²) in [7, 11) is -2.01. The molecule has 1 aliphatic rings. The van der Waals surface area contributed by atoms with Gasteiger partial charge in [-0.1, -0.05) is 12.5 Å². The van der Waals surface area contributed by atoms with Crippen LogP contribution in [0.3, 0.4) is 0 Å². The van der Waals surface area contributed by atoms with Gasteiger partial charge >= 0.3 is 0 Å². The maximum Gasteiger partial charge on any atom is 0.251 e. The first-order valence-electron chi connectivity index (χ1n) is 8.28. The molecule has 1 aromatic rings. The van der Waals surface area contributed by atoms with Gasteiger partial charge in [0.05, 0.1) is 11.5 Å². The second kappa shape index (κ2) is 8.09. The molecule has 24 heavy (non-hydrogen) atoms. The topological polar surface area (TPSA) is 75.7 Å². The summed E-state index contributed by atoms with van der Waals surface area (Å²) in [4.78, 5) is 12.4. The predicted molar refractivity (Wildman–Crippen MR) is 92.5 cm³/mol. The molecule has 0 radical (unpaired) electrons. The number of ether oxygens (including phenoxy) is 1. The normalized spacial score (nSPS) is 20.5. The van der Waals surface area contributed by atoms with Crippen LogP contribution in [-0.4, -0.2) is 51.0 Å². The number of hydrogen-bond donors (Lipinski definition) is 1. The molecule has 1 aromatic carbocycles. The van der Waals surface area contributed by atoms with Crippen LogP contribution >= 0.6 is 0 Å². The summed E-state index contributed by atoms with van der Waals surface area (Å²) < 4.78 is 32.3. The van der Waals surface area contributed by atoms with Gasteiger partial charge in [0.15, 0.2) is 0 Å². The highest BCUT2D eigenvalue weighted by Gasteiger charge is 2.31. The van der Waals surface area contributed by atoms with E-state index in [0.717, 1.165) is 19.3 Å². The van der Waals surface area contributed by atoms with E-state index in [0.29, 0.717) is 18.7 Å². The van der Waals surface area contributed by atoms with E-state index in [1.54, 1.807) is 29.6 Å². The molecule has 1 heterocycles. The standard InChI is InChI=1S/C17H26N2O4S/c1-13(12-23-3)18-17(20)15-8-6-9-16(11-15)24(21,22)19-10-5-4-7-14(19)2/h6,8-9,11,13-14H,4-5,7,10,12H2,1-3H3,(H,18,20). The van der Waals surface area contributed by atoms with E-state index < -0.39 is 10.0 Å². The van der Waals surface area contributed by atoms with Crippen LogP contribution in [0.1, 0.15) is 43.5 Å². The van der Waals surface area contributed by atoms with Crippen molar-refractivity contribution in [2.45, 2.75) is 50.1 Å². The smallest absolute Gasteiger partial charge is 0.251 e. The summed E-state index contributed by atoms with van der Waals surface area (Å²) >= 11 is 0. The number of nitrogens with one attached hydrogen (secondary N) is 1. The van der Waals surface area contributed by atoms with Crippen molar-refractivity contribution >= 4 is 15.9 Å². The van der Waals surface area contributed by atoms with E-state index in [-0.39, 0.29) is 22.9 Å². The highest BCUT2D eigenvalue weighted by atomic mass is 32.2. The minimum absolute atomic E-state index is 0.0112. The Morgan fingerprint density at radius 1 is 1.42 bits per heavy atom. The fraction of sp³-hybridized carbons (Fsp3) is 0.588. The maximum atomic E-state index is 12.9. The molecule has 1 saturated heterocycles. The number of benzene rings is 1. The molecule has 0 spiro atoms. The van der Waals surface area contributed by atoms with Crippen molar-refractivity contribution in [3.05, 3.63) is 29.8 Å². The van der Waals surface area contributed by atoms with Gasteiger partial charge < -0.3 is 10.1 Å². The van der Waals surface area contributed by atoms with Gasteiger partial charge in [0.25, 0.3) is 5.91 Å². The summed E-state index contributed by atoms with van der Waals surface area (Å²) in [5, 5.41) is 2.79. The molecule has 2 unspecified atom stereocenters. The molecule has 6 nitrogen and oxygen atoms in total. The van der Waals surface area contributed by atoms with E-state index >= 15 is 0 Å². The number of amides is 1. The van der Waals surface area contributed by atoms with Crippen molar-refractivity contribution in [3.63, 3.8) is 0 Å². The van der Waals surface area contributed by atoms with Crippen LogP contribution in [-0.2, 0) is 14.8 Å². The average molecular weight is 354 g/mol. The number of piperidine rings is 1. The molecule has 7 heteroatoms. The van der Waals surface area contributed by atoms with Gasteiger partial charge in [-0.25, -0.2) is 8.42 Å². The molecule has 0 aromatic heterocycles. The fourth-order valence-electron chi connectivity index (χ4n) is 2.96.